The number of likely N-dealkylation sites (tertiary alicyclic amines) is 1. The van der Waals surface area contributed by atoms with Gasteiger partial charge in [0.25, 0.3) is 5.91 Å². The molecule has 0 aromatic heterocycles. The van der Waals surface area contributed by atoms with Crippen LogP contribution in [0.3, 0.4) is 0 Å². The lowest BCUT2D eigenvalue weighted by Crippen LogP contribution is -2.30. The Morgan fingerprint density at radius 3 is 2.36 bits per heavy atom. The summed E-state index contributed by atoms with van der Waals surface area (Å²) >= 11 is 0. The summed E-state index contributed by atoms with van der Waals surface area (Å²) in [5, 5.41) is -0.333. The SMILES string of the molecule is O=C(c1ccc(S(=O)(=O)C2CCCC2)cc1)N1CC[C@H](OC(F)F)C1. The first-order chi connectivity index (χ1) is 11.9. The van der Waals surface area contributed by atoms with Crippen molar-refractivity contribution in [3.05, 3.63) is 29.8 Å². The number of nitrogens with zero attached hydrogens (tertiary/aromatic N) is 1. The number of carbonyl (C=O) groups excluding carboxylic acids is 1. The molecule has 1 atom stereocenters. The first-order valence-electron chi connectivity index (χ1n) is 8.45. The van der Waals surface area contributed by atoms with Crippen molar-refractivity contribution in [2.75, 3.05) is 13.1 Å². The van der Waals surface area contributed by atoms with Crippen LogP contribution in [0.4, 0.5) is 8.78 Å². The van der Waals surface area contributed by atoms with Crippen LogP contribution >= 0.6 is 0 Å². The highest BCUT2D eigenvalue weighted by Gasteiger charge is 2.31. The van der Waals surface area contributed by atoms with E-state index in [4.69, 9.17) is 0 Å². The number of rotatable bonds is 5. The Kier molecular flexibility index (Phi) is 5.38. The van der Waals surface area contributed by atoms with Gasteiger partial charge < -0.3 is 9.64 Å². The lowest BCUT2D eigenvalue weighted by Gasteiger charge is -2.17. The van der Waals surface area contributed by atoms with E-state index in [1.165, 1.54) is 29.2 Å². The molecule has 0 N–H and O–H groups in total. The van der Waals surface area contributed by atoms with Crippen LogP contribution in [0, 0.1) is 0 Å². The molecule has 1 aliphatic carbocycles. The quantitative estimate of drug-likeness (QED) is 0.796. The summed E-state index contributed by atoms with van der Waals surface area (Å²) in [6.45, 7) is -2.39. The number of alkyl halides is 2. The van der Waals surface area contributed by atoms with Crippen LogP contribution in [0.2, 0.25) is 0 Å². The number of ether oxygens (including phenoxy) is 1. The topological polar surface area (TPSA) is 63.7 Å². The van der Waals surface area contributed by atoms with E-state index < -0.39 is 22.6 Å². The van der Waals surface area contributed by atoms with Crippen molar-refractivity contribution in [1.82, 2.24) is 4.90 Å². The average Bonchev–Trinajstić information content (AvgIpc) is 3.25. The Bertz CT molecular complexity index is 715. The second-order valence-corrected chi connectivity index (χ2v) is 8.76. The fraction of sp³-hybridized carbons (Fsp3) is 0.588. The fourth-order valence-electron chi connectivity index (χ4n) is 3.53. The Morgan fingerprint density at radius 1 is 1.12 bits per heavy atom. The predicted octanol–water partition coefficient (Wildman–Crippen LogP) is 2.86. The van der Waals surface area contributed by atoms with Crippen molar-refractivity contribution >= 4 is 15.7 Å². The molecule has 0 bridgehead atoms. The van der Waals surface area contributed by atoms with E-state index in [0.29, 0.717) is 31.4 Å². The van der Waals surface area contributed by atoms with Crippen molar-refractivity contribution in [2.24, 2.45) is 0 Å². The number of halogens is 2. The maximum Gasteiger partial charge on any atom is 0.345 e. The van der Waals surface area contributed by atoms with Crippen LogP contribution < -0.4 is 0 Å². The molecule has 1 aromatic carbocycles. The average molecular weight is 373 g/mol. The molecule has 0 radical (unpaired) electrons. The number of hydrogen-bond donors (Lipinski definition) is 0. The molecule has 1 saturated carbocycles. The lowest BCUT2D eigenvalue weighted by molar-refractivity contribution is -0.158. The van der Waals surface area contributed by atoms with Crippen LogP contribution in [0.15, 0.2) is 29.2 Å². The van der Waals surface area contributed by atoms with E-state index in [-0.39, 0.29) is 22.6 Å². The van der Waals surface area contributed by atoms with E-state index in [1.807, 2.05) is 0 Å². The zero-order valence-electron chi connectivity index (χ0n) is 13.7. The van der Waals surface area contributed by atoms with Crippen LogP contribution in [-0.2, 0) is 14.6 Å². The molecule has 0 spiro atoms. The van der Waals surface area contributed by atoms with Gasteiger partial charge in [-0.05, 0) is 43.5 Å². The van der Waals surface area contributed by atoms with Crippen molar-refractivity contribution in [3.63, 3.8) is 0 Å². The van der Waals surface area contributed by atoms with Gasteiger partial charge in [-0.2, -0.15) is 8.78 Å². The molecule has 1 heterocycles. The highest BCUT2D eigenvalue weighted by atomic mass is 32.2. The fourth-order valence-corrected chi connectivity index (χ4v) is 5.38. The second-order valence-electron chi connectivity index (χ2n) is 6.53. The molecule has 8 heteroatoms. The predicted molar refractivity (Wildman–Crippen MR) is 87.3 cm³/mol. The Hall–Kier alpha value is -1.54. The van der Waals surface area contributed by atoms with E-state index in [2.05, 4.69) is 4.74 Å². The van der Waals surface area contributed by atoms with Gasteiger partial charge in [-0.25, -0.2) is 8.42 Å². The summed E-state index contributed by atoms with van der Waals surface area (Å²) in [6.07, 6.45) is 2.93. The van der Waals surface area contributed by atoms with Crippen LogP contribution in [0.1, 0.15) is 42.5 Å². The molecular formula is C17H21F2NO4S. The normalized spacial score (nSPS) is 22.0. The zero-order valence-corrected chi connectivity index (χ0v) is 14.6. The van der Waals surface area contributed by atoms with Crippen molar-refractivity contribution in [3.8, 4) is 0 Å². The third-order valence-electron chi connectivity index (χ3n) is 4.90. The summed E-state index contributed by atoms with van der Waals surface area (Å²) in [4.78, 5) is 14.1. The van der Waals surface area contributed by atoms with E-state index in [0.717, 1.165) is 12.8 Å². The van der Waals surface area contributed by atoms with E-state index >= 15 is 0 Å². The largest absolute Gasteiger partial charge is 0.345 e. The van der Waals surface area contributed by atoms with Crippen LogP contribution in [-0.4, -0.2) is 50.3 Å². The first-order valence-corrected chi connectivity index (χ1v) is 9.99. The minimum Gasteiger partial charge on any atom is -0.336 e. The molecule has 1 aliphatic heterocycles. The van der Waals surface area contributed by atoms with Gasteiger partial charge in [-0.3, -0.25) is 4.79 Å². The van der Waals surface area contributed by atoms with Gasteiger partial charge in [-0.15, -0.1) is 0 Å². The highest BCUT2D eigenvalue weighted by molar-refractivity contribution is 7.92. The van der Waals surface area contributed by atoms with Gasteiger partial charge in [0.2, 0.25) is 0 Å². The Balaban J connectivity index is 1.67. The molecule has 25 heavy (non-hydrogen) atoms. The Morgan fingerprint density at radius 2 is 1.76 bits per heavy atom. The number of hydrogen-bond acceptors (Lipinski definition) is 4. The van der Waals surface area contributed by atoms with E-state index in [1.54, 1.807) is 0 Å². The minimum atomic E-state index is -3.35. The molecule has 2 aliphatic rings. The van der Waals surface area contributed by atoms with Gasteiger partial charge in [0.15, 0.2) is 9.84 Å². The maximum absolute atomic E-state index is 12.5. The number of benzene rings is 1. The van der Waals surface area contributed by atoms with Crippen molar-refractivity contribution < 1.29 is 26.7 Å². The van der Waals surface area contributed by atoms with Gasteiger partial charge in [-0.1, -0.05) is 12.8 Å². The van der Waals surface area contributed by atoms with Gasteiger partial charge in [0, 0.05) is 18.7 Å². The summed E-state index contributed by atoms with van der Waals surface area (Å²) < 4.78 is 54.0. The molecule has 3 rings (SSSR count). The molecule has 0 unspecified atom stereocenters. The van der Waals surface area contributed by atoms with Crippen molar-refractivity contribution in [1.29, 1.82) is 0 Å². The minimum absolute atomic E-state index is 0.116. The highest BCUT2D eigenvalue weighted by Crippen LogP contribution is 2.29. The first kappa shape index (κ1) is 18.3. The Labute approximate surface area is 145 Å². The third-order valence-corrected chi connectivity index (χ3v) is 7.18. The maximum atomic E-state index is 12.5. The molecule has 1 saturated heterocycles. The summed E-state index contributed by atoms with van der Waals surface area (Å²) in [6, 6.07) is 5.91. The molecular weight excluding hydrogens is 352 g/mol. The molecule has 138 valence electrons. The standard InChI is InChI=1S/C17H21F2NO4S/c18-17(19)24-13-9-10-20(11-13)16(21)12-5-7-15(8-6-12)25(22,23)14-3-1-2-4-14/h5-8,13-14,17H,1-4,9-11H2/t13-/m0/s1. The lowest BCUT2D eigenvalue weighted by atomic mass is 10.2. The summed E-state index contributed by atoms with van der Waals surface area (Å²) in [7, 11) is -3.35. The van der Waals surface area contributed by atoms with E-state index in [9.17, 15) is 22.0 Å². The molecule has 2 fully saturated rings. The van der Waals surface area contributed by atoms with Crippen LogP contribution in [0.5, 0.6) is 0 Å². The van der Waals surface area contributed by atoms with Crippen molar-refractivity contribution in [2.45, 2.75) is 55.0 Å². The summed E-state index contributed by atoms with van der Waals surface area (Å²) in [5.74, 6) is -0.301. The zero-order chi connectivity index (χ0) is 18.0. The third kappa shape index (κ3) is 4.00. The molecule has 5 nitrogen and oxygen atoms in total. The molecule has 1 aromatic rings. The smallest absolute Gasteiger partial charge is 0.336 e. The number of sulfone groups is 1. The second kappa shape index (κ2) is 7.37. The number of carbonyl (C=O) groups is 1. The molecule has 1 amide bonds. The number of amides is 1. The van der Waals surface area contributed by atoms with Crippen LogP contribution in [0.25, 0.3) is 0 Å². The van der Waals surface area contributed by atoms with Gasteiger partial charge in [0.05, 0.1) is 16.2 Å². The van der Waals surface area contributed by atoms with Gasteiger partial charge >= 0.3 is 6.61 Å². The van der Waals surface area contributed by atoms with Gasteiger partial charge in [0.1, 0.15) is 0 Å². The summed E-state index contributed by atoms with van der Waals surface area (Å²) in [5.41, 5.74) is 0.350. The monoisotopic (exact) mass is 373 g/mol.